The van der Waals surface area contributed by atoms with Crippen molar-refractivity contribution in [2.24, 2.45) is 0 Å². The first kappa shape index (κ1) is 15.8. The van der Waals surface area contributed by atoms with Gasteiger partial charge in [-0.05, 0) is 23.8 Å². The van der Waals surface area contributed by atoms with Gasteiger partial charge in [-0.2, -0.15) is 20.2 Å². The lowest BCUT2D eigenvalue weighted by molar-refractivity contribution is 0.174. The van der Waals surface area contributed by atoms with Gasteiger partial charge in [0.25, 0.3) is 0 Å². The zero-order valence-corrected chi connectivity index (χ0v) is 13.7. The molecule has 0 bridgehead atoms. The highest BCUT2D eigenvalue weighted by molar-refractivity contribution is 6.32. The second kappa shape index (κ2) is 6.22. The van der Waals surface area contributed by atoms with Crippen LogP contribution >= 0.6 is 11.6 Å². The molecule has 0 atom stereocenters. The fraction of sp³-hybridized carbons (Fsp3) is 0.200. The van der Waals surface area contributed by atoms with E-state index in [4.69, 9.17) is 26.8 Å². The van der Waals surface area contributed by atoms with Crippen molar-refractivity contribution < 1.29 is 9.47 Å². The Labute approximate surface area is 143 Å². The van der Waals surface area contributed by atoms with E-state index >= 15 is 0 Å². The minimum Gasteiger partial charge on any atom is -0.454 e. The number of ether oxygens (including phenoxy) is 2. The Bertz CT molecular complexity index is 875. The van der Waals surface area contributed by atoms with Crippen LogP contribution in [0.2, 0.25) is 5.02 Å². The first-order chi connectivity index (χ1) is 11.5. The topological polar surface area (TPSA) is 110 Å². The summed E-state index contributed by atoms with van der Waals surface area (Å²) >= 11 is 6.15. The Morgan fingerprint density at radius 2 is 2.12 bits per heavy atom. The number of allylic oxidation sites excluding steroid dienone is 1. The molecule has 8 nitrogen and oxygen atoms in total. The molecule has 2 N–H and O–H groups in total. The number of nitrogens with two attached hydrogens (primary N) is 1. The number of hydrogen-bond acceptors (Lipinski definition) is 8. The zero-order valence-electron chi connectivity index (χ0n) is 12.9. The van der Waals surface area contributed by atoms with Crippen molar-refractivity contribution in [3.05, 3.63) is 28.5 Å². The van der Waals surface area contributed by atoms with Crippen LogP contribution in [-0.4, -0.2) is 35.8 Å². The molecular formula is C15H13ClN6O2. The molecule has 24 heavy (non-hydrogen) atoms. The predicted octanol–water partition coefficient (Wildman–Crippen LogP) is 1.97. The van der Waals surface area contributed by atoms with Crippen LogP contribution in [0.25, 0.3) is 11.6 Å². The smallest absolute Gasteiger partial charge is 0.231 e. The number of halogens is 1. The minimum atomic E-state index is 0.0357. The zero-order chi connectivity index (χ0) is 17.3. The van der Waals surface area contributed by atoms with E-state index in [9.17, 15) is 5.26 Å². The standard InChI is InChI=1S/C15H13ClN6O2/c1-22(2)15-20-13(19-14(18)21-15)9(6-17)3-8-4-10(16)12-11(5-8)23-7-24-12/h3-5H,7H2,1-2H3,(H2,18,19,20,21). The second-order valence-electron chi connectivity index (χ2n) is 5.12. The Hall–Kier alpha value is -3.05. The maximum Gasteiger partial charge on any atom is 0.231 e. The number of rotatable bonds is 3. The highest BCUT2D eigenvalue weighted by Crippen LogP contribution is 2.40. The molecule has 1 aliphatic heterocycles. The van der Waals surface area contributed by atoms with Crippen molar-refractivity contribution in [2.75, 3.05) is 31.5 Å². The van der Waals surface area contributed by atoms with E-state index in [0.717, 1.165) is 0 Å². The lowest BCUT2D eigenvalue weighted by atomic mass is 10.1. The molecule has 0 unspecified atom stereocenters. The van der Waals surface area contributed by atoms with Gasteiger partial charge in [0.05, 0.1) is 10.6 Å². The van der Waals surface area contributed by atoms with Crippen LogP contribution in [0.1, 0.15) is 11.4 Å². The van der Waals surface area contributed by atoms with Crippen LogP contribution in [0.5, 0.6) is 11.5 Å². The number of aromatic nitrogens is 3. The summed E-state index contributed by atoms with van der Waals surface area (Å²) in [6.07, 6.45) is 1.60. The highest BCUT2D eigenvalue weighted by atomic mass is 35.5. The van der Waals surface area contributed by atoms with Crippen molar-refractivity contribution in [3.63, 3.8) is 0 Å². The van der Waals surface area contributed by atoms with Gasteiger partial charge in [0.2, 0.25) is 18.7 Å². The SMILES string of the molecule is CN(C)c1nc(N)nc(C(C#N)=Cc2cc(Cl)c3c(c2)OCO3)n1. The molecule has 2 heterocycles. The number of fused-ring (bicyclic) bond motifs is 1. The predicted molar refractivity (Wildman–Crippen MR) is 89.6 cm³/mol. The number of nitrogen functional groups attached to an aromatic ring is 1. The molecule has 122 valence electrons. The fourth-order valence-corrected chi connectivity index (χ4v) is 2.36. The van der Waals surface area contributed by atoms with E-state index in [1.807, 2.05) is 0 Å². The van der Waals surface area contributed by atoms with Crippen LogP contribution in [0.15, 0.2) is 12.1 Å². The monoisotopic (exact) mass is 344 g/mol. The van der Waals surface area contributed by atoms with E-state index in [0.29, 0.717) is 28.0 Å². The molecule has 0 amide bonds. The van der Waals surface area contributed by atoms with Gasteiger partial charge in [-0.1, -0.05) is 11.6 Å². The molecule has 0 aliphatic carbocycles. The average Bonchev–Trinajstić information content (AvgIpc) is 3.01. The van der Waals surface area contributed by atoms with Gasteiger partial charge in [-0.3, -0.25) is 0 Å². The van der Waals surface area contributed by atoms with E-state index in [1.165, 1.54) is 0 Å². The average molecular weight is 345 g/mol. The Balaban J connectivity index is 2.05. The molecule has 1 aliphatic rings. The number of anilines is 2. The lowest BCUT2D eigenvalue weighted by Crippen LogP contribution is -2.15. The van der Waals surface area contributed by atoms with Gasteiger partial charge in [0, 0.05) is 14.1 Å². The van der Waals surface area contributed by atoms with Crippen molar-refractivity contribution in [1.29, 1.82) is 5.26 Å². The molecular weight excluding hydrogens is 332 g/mol. The maximum absolute atomic E-state index is 9.46. The maximum atomic E-state index is 9.46. The Morgan fingerprint density at radius 1 is 1.33 bits per heavy atom. The summed E-state index contributed by atoms with van der Waals surface area (Å²) < 4.78 is 10.6. The van der Waals surface area contributed by atoms with Gasteiger partial charge in [0.15, 0.2) is 17.3 Å². The fourth-order valence-electron chi connectivity index (χ4n) is 2.09. The Morgan fingerprint density at radius 3 is 2.83 bits per heavy atom. The summed E-state index contributed by atoms with van der Waals surface area (Å²) in [5, 5.41) is 9.86. The molecule has 3 rings (SSSR count). The highest BCUT2D eigenvalue weighted by Gasteiger charge is 2.18. The van der Waals surface area contributed by atoms with Gasteiger partial charge >= 0.3 is 0 Å². The summed E-state index contributed by atoms with van der Waals surface area (Å²) in [5.41, 5.74) is 6.58. The normalized spacial score (nSPS) is 12.8. The molecule has 1 aromatic heterocycles. The summed E-state index contributed by atoms with van der Waals surface area (Å²) in [5.74, 6) is 1.60. The quantitative estimate of drug-likeness (QED) is 0.841. The summed E-state index contributed by atoms with van der Waals surface area (Å²) in [7, 11) is 3.54. The molecule has 0 spiro atoms. The number of hydrogen-bond donors (Lipinski definition) is 1. The van der Waals surface area contributed by atoms with Gasteiger partial charge < -0.3 is 20.1 Å². The van der Waals surface area contributed by atoms with Crippen molar-refractivity contribution >= 4 is 35.1 Å². The van der Waals surface area contributed by atoms with E-state index in [1.54, 1.807) is 37.2 Å². The van der Waals surface area contributed by atoms with Crippen LogP contribution in [0.3, 0.4) is 0 Å². The second-order valence-corrected chi connectivity index (χ2v) is 5.53. The van der Waals surface area contributed by atoms with Crippen molar-refractivity contribution in [1.82, 2.24) is 15.0 Å². The first-order valence-corrected chi connectivity index (χ1v) is 7.26. The van der Waals surface area contributed by atoms with Crippen molar-refractivity contribution in [2.45, 2.75) is 0 Å². The number of benzene rings is 1. The van der Waals surface area contributed by atoms with Crippen LogP contribution in [0.4, 0.5) is 11.9 Å². The van der Waals surface area contributed by atoms with Gasteiger partial charge in [-0.15, -0.1) is 0 Å². The van der Waals surface area contributed by atoms with Crippen LogP contribution in [-0.2, 0) is 0 Å². The number of nitrogens with zero attached hydrogens (tertiary/aromatic N) is 5. The van der Waals surface area contributed by atoms with E-state index in [-0.39, 0.29) is 24.1 Å². The van der Waals surface area contributed by atoms with Crippen LogP contribution < -0.4 is 20.1 Å². The molecule has 0 radical (unpaired) electrons. The van der Waals surface area contributed by atoms with Crippen LogP contribution in [0, 0.1) is 11.3 Å². The minimum absolute atomic E-state index is 0.0357. The van der Waals surface area contributed by atoms with Gasteiger partial charge in [0.1, 0.15) is 6.07 Å². The number of nitriles is 1. The molecule has 1 aromatic carbocycles. The molecule has 9 heteroatoms. The molecule has 0 saturated heterocycles. The van der Waals surface area contributed by atoms with Gasteiger partial charge in [-0.25, -0.2) is 0 Å². The molecule has 0 fully saturated rings. The summed E-state index contributed by atoms with van der Waals surface area (Å²) in [6, 6.07) is 5.46. The third-order valence-corrected chi connectivity index (χ3v) is 3.44. The Kier molecular flexibility index (Phi) is 4.10. The van der Waals surface area contributed by atoms with E-state index in [2.05, 4.69) is 21.0 Å². The third-order valence-electron chi connectivity index (χ3n) is 3.16. The van der Waals surface area contributed by atoms with Crippen molar-refractivity contribution in [3.8, 4) is 17.6 Å². The summed E-state index contributed by atoms with van der Waals surface area (Å²) in [4.78, 5) is 13.9. The third kappa shape index (κ3) is 3.02. The first-order valence-electron chi connectivity index (χ1n) is 6.88. The molecule has 0 saturated carbocycles. The molecule has 2 aromatic rings. The lowest BCUT2D eigenvalue weighted by Gasteiger charge is -2.11. The summed E-state index contributed by atoms with van der Waals surface area (Å²) in [6.45, 7) is 0.115. The van der Waals surface area contributed by atoms with E-state index < -0.39 is 0 Å². The largest absolute Gasteiger partial charge is 0.454 e.